The zero-order chi connectivity index (χ0) is 7.28. The highest BCUT2D eigenvalue weighted by atomic mass is 35.5. The lowest BCUT2D eigenvalue weighted by atomic mass is 10.5. The van der Waals surface area contributed by atoms with E-state index in [0.29, 0.717) is 6.54 Å². The monoisotopic (exact) mass is 151 g/mol. The number of hydrogen-bond acceptors (Lipinski definition) is 1. The highest BCUT2D eigenvalue weighted by Crippen LogP contribution is 1.93. The molecule has 0 unspecified atom stereocenters. The van der Waals surface area contributed by atoms with Gasteiger partial charge >= 0.3 is 6.09 Å². The summed E-state index contributed by atoms with van der Waals surface area (Å²) < 4.78 is 0. The first-order valence-electron chi connectivity index (χ1n) is 2.76. The van der Waals surface area contributed by atoms with Gasteiger partial charge in [0, 0.05) is 6.54 Å². The van der Waals surface area contributed by atoms with Crippen molar-refractivity contribution in [1.29, 1.82) is 0 Å². The van der Waals surface area contributed by atoms with E-state index >= 15 is 0 Å². The maximum atomic E-state index is 10.2. The first kappa shape index (κ1) is 8.56. The van der Waals surface area contributed by atoms with E-state index in [2.05, 4.69) is 0 Å². The fourth-order valence-electron chi connectivity index (χ4n) is 0.476. The molecule has 0 radical (unpaired) electrons. The van der Waals surface area contributed by atoms with Crippen LogP contribution < -0.4 is 0 Å². The molecule has 0 fully saturated rings. The molecule has 0 aromatic carbocycles. The zero-order valence-corrected chi connectivity index (χ0v) is 6.06. The van der Waals surface area contributed by atoms with Crippen LogP contribution in [-0.2, 0) is 0 Å². The van der Waals surface area contributed by atoms with Crippen LogP contribution >= 0.6 is 11.6 Å². The van der Waals surface area contributed by atoms with Gasteiger partial charge in [0.2, 0.25) is 0 Å². The summed E-state index contributed by atoms with van der Waals surface area (Å²) in [7, 11) is 0. The number of nitrogens with zero attached hydrogens (tertiary/aromatic N) is 1. The molecule has 0 spiro atoms. The minimum Gasteiger partial charge on any atom is -0.465 e. The van der Waals surface area contributed by atoms with E-state index in [1.807, 2.05) is 6.92 Å². The summed E-state index contributed by atoms with van der Waals surface area (Å²) in [6.07, 6.45) is -0.147. The Bertz CT molecular complexity index is 97.0. The molecule has 1 N–H and O–H groups in total. The number of rotatable bonds is 3. The van der Waals surface area contributed by atoms with Gasteiger partial charge in [0.25, 0.3) is 0 Å². The molecular formula is C5H10ClNO2. The van der Waals surface area contributed by atoms with Crippen molar-refractivity contribution < 1.29 is 9.90 Å². The van der Waals surface area contributed by atoms with Crippen LogP contribution in [0.3, 0.4) is 0 Å². The molecule has 0 aromatic heterocycles. The van der Waals surface area contributed by atoms with Crippen molar-refractivity contribution in [3.05, 3.63) is 0 Å². The normalized spacial score (nSPS) is 9.11. The molecule has 0 saturated heterocycles. The van der Waals surface area contributed by atoms with Crippen molar-refractivity contribution >= 4 is 17.7 Å². The van der Waals surface area contributed by atoms with Crippen LogP contribution in [0.5, 0.6) is 0 Å². The smallest absolute Gasteiger partial charge is 0.408 e. The molecule has 0 bridgehead atoms. The van der Waals surface area contributed by atoms with Crippen molar-refractivity contribution in [3.8, 4) is 0 Å². The van der Waals surface area contributed by atoms with Crippen LogP contribution in [0.15, 0.2) is 0 Å². The maximum Gasteiger partial charge on any atom is 0.408 e. The third-order valence-corrected chi connectivity index (χ3v) is 1.20. The van der Waals surface area contributed by atoms with Gasteiger partial charge in [-0.1, -0.05) is 6.92 Å². The molecule has 0 aromatic rings. The highest BCUT2D eigenvalue weighted by molar-refractivity contribution is 6.18. The van der Waals surface area contributed by atoms with Gasteiger partial charge in [0.1, 0.15) is 0 Å². The minimum absolute atomic E-state index is 0.0587. The van der Waals surface area contributed by atoms with Gasteiger partial charge in [-0.2, -0.15) is 0 Å². The van der Waals surface area contributed by atoms with Crippen molar-refractivity contribution in [2.75, 3.05) is 12.5 Å². The van der Waals surface area contributed by atoms with Gasteiger partial charge in [-0.3, -0.25) is 4.90 Å². The van der Waals surface area contributed by atoms with E-state index in [9.17, 15) is 4.79 Å². The molecule has 0 aliphatic rings. The average Bonchev–Trinajstić information content (AvgIpc) is 1.82. The predicted octanol–water partition coefficient (Wildman–Crippen LogP) is 1.57. The number of alkyl halides is 1. The van der Waals surface area contributed by atoms with Crippen molar-refractivity contribution in [3.63, 3.8) is 0 Å². The SMILES string of the molecule is CCCN(CCl)C(=O)O. The van der Waals surface area contributed by atoms with Gasteiger partial charge in [0.05, 0.1) is 6.00 Å². The van der Waals surface area contributed by atoms with Crippen LogP contribution in [0.2, 0.25) is 0 Å². The van der Waals surface area contributed by atoms with Gasteiger partial charge in [0.15, 0.2) is 0 Å². The number of carboxylic acid groups (broad SMARTS) is 1. The van der Waals surface area contributed by atoms with Crippen LogP contribution in [0, 0.1) is 0 Å². The van der Waals surface area contributed by atoms with Crippen molar-refractivity contribution in [2.45, 2.75) is 13.3 Å². The number of amides is 1. The summed E-state index contributed by atoms with van der Waals surface area (Å²) >= 11 is 5.29. The Morgan fingerprint density at radius 3 is 2.44 bits per heavy atom. The standard InChI is InChI=1S/C5H10ClNO2/c1-2-3-7(4-6)5(8)9/h2-4H2,1H3,(H,8,9). The molecule has 0 atom stereocenters. The molecule has 0 aliphatic carbocycles. The van der Waals surface area contributed by atoms with E-state index in [0.717, 1.165) is 11.3 Å². The molecule has 3 nitrogen and oxygen atoms in total. The molecule has 54 valence electrons. The van der Waals surface area contributed by atoms with E-state index in [-0.39, 0.29) is 6.00 Å². The number of hydrogen-bond donors (Lipinski definition) is 1. The Morgan fingerprint density at radius 2 is 2.33 bits per heavy atom. The van der Waals surface area contributed by atoms with Crippen LogP contribution in [0.1, 0.15) is 13.3 Å². The largest absolute Gasteiger partial charge is 0.465 e. The maximum absolute atomic E-state index is 10.2. The minimum atomic E-state index is -0.952. The fraction of sp³-hybridized carbons (Fsp3) is 0.800. The predicted molar refractivity (Wildman–Crippen MR) is 35.7 cm³/mol. The van der Waals surface area contributed by atoms with E-state index in [4.69, 9.17) is 16.7 Å². The molecule has 9 heavy (non-hydrogen) atoms. The highest BCUT2D eigenvalue weighted by Gasteiger charge is 2.06. The van der Waals surface area contributed by atoms with Gasteiger partial charge < -0.3 is 5.11 Å². The van der Waals surface area contributed by atoms with Crippen LogP contribution in [0.25, 0.3) is 0 Å². The Kier molecular flexibility index (Phi) is 4.22. The van der Waals surface area contributed by atoms with E-state index in [1.165, 1.54) is 0 Å². The first-order chi connectivity index (χ1) is 4.22. The van der Waals surface area contributed by atoms with Gasteiger partial charge in [-0.15, -0.1) is 11.6 Å². The Labute approximate surface area is 59.2 Å². The Morgan fingerprint density at radius 1 is 1.78 bits per heavy atom. The van der Waals surface area contributed by atoms with E-state index < -0.39 is 6.09 Å². The lowest BCUT2D eigenvalue weighted by Gasteiger charge is -2.13. The number of carbonyl (C=O) groups is 1. The number of halogens is 1. The second kappa shape index (κ2) is 4.44. The summed E-state index contributed by atoms with van der Waals surface area (Å²) in [6, 6.07) is 0.0587. The van der Waals surface area contributed by atoms with E-state index in [1.54, 1.807) is 0 Å². The summed E-state index contributed by atoms with van der Waals surface area (Å²) in [4.78, 5) is 11.3. The quantitative estimate of drug-likeness (QED) is 0.492. The van der Waals surface area contributed by atoms with Crippen LogP contribution in [0.4, 0.5) is 4.79 Å². The van der Waals surface area contributed by atoms with Gasteiger partial charge in [-0.05, 0) is 6.42 Å². The third-order valence-electron chi connectivity index (χ3n) is 0.908. The van der Waals surface area contributed by atoms with Gasteiger partial charge in [-0.25, -0.2) is 4.79 Å². The van der Waals surface area contributed by atoms with Crippen molar-refractivity contribution in [1.82, 2.24) is 4.90 Å². The molecule has 1 amide bonds. The molecule has 0 heterocycles. The lowest BCUT2D eigenvalue weighted by molar-refractivity contribution is 0.153. The molecule has 0 saturated carbocycles. The topological polar surface area (TPSA) is 40.5 Å². The Balaban J connectivity index is 3.54. The first-order valence-corrected chi connectivity index (χ1v) is 3.29. The second-order valence-corrected chi connectivity index (χ2v) is 1.90. The molecule has 0 aliphatic heterocycles. The molecule has 4 heteroatoms. The summed E-state index contributed by atoms with van der Waals surface area (Å²) in [5.74, 6) is 0. The lowest BCUT2D eigenvalue weighted by Crippen LogP contribution is -2.28. The average molecular weight is 152 g/mol. The molecular weight excluding hydrogens is 142 g/mol. The summed E-state index contributed by atoms with van der Waals surface area (Å²) in [5.41, 5.74) is 0. The Hall–Kier alpha value is -0.440. The zero-order valence-electron chi connectivity index (χ0n) is 5.30. The second-order valence-electron chi connectivity index (χ2n) is 1.67. The molecule has 0 rings (SSSR count). The fourth-order valence-corrected chi connectivity index (χ4v) is 0.698. The van der Waals surface area contributed by atoms with Crippen LogP contribution in [-0.4, -0.2) is 28.6 Å². The summed E-state index contributed by atoms with van der Waals surface area (Å²) in [5, 5.41) is 8.35. The third kappa shape index (κ3) is 3.19. The van der Waals surface area contributed by atoms with Crippen molar-refractivity contribution in [2.24, 2.45) is 0 Å². The summed E-state index contributed by atoms with van der Waals surface area (Å²) in [6.45, 7) is 2.42.